The highest BCUT2D eigenvalue weighted by Gasteiger charge is 2.05. The van der Waals surface area contributed by atoms with Gasteiger partial charge in [-0.3, -0.25) is 9.97 Å². The summed E-state index contributed by atoms with van der Waals surface area (Å²) < 4.78 is 1.05. The molecule has 2 aromatic heterocycles. The number of halogens is 1. The monoisotopic (exact) mass is 463 g/mol. The Labute approximate surface area is 185 Å². The van der Waals surface area contributed by atoms with Gasteiger partial charge in [-0.2, -0.15) is 0 Å². The fraction of sp³-hybridized carbons (Fsp3) is 0.250. The Bertz CT molecular complexity index is 1070. The maximum Gasteiger partial charge on any atom is 0.0733 e. The Balaban J connectivity index is 1.28. The van der Waals surface area contributed by atoms with Gasteiger partial charge in [0.2, 0.25) is 0 Å². The average Bonchev–Trinajstić information content (AvgIpc) is 2.73. The van der Waals surface area contributed by atoms with Crippen LogP contribution in [0.5, 0.6) is 0 Å². The summed E-state index contributed by atoms with van der Waals surface area (Å²) in [5.74, 6) is 0. The number of rotatable bonds is 8. The van der Waals surface area contributed by atoms with Crippen LogP contribution in [0.25, 0.3) is 21.8 Å². The van der Waals surface area contributed by atoms with E-state index < -0.39 is 0 Å². The van der Waals surface area contributed by atoms with E-state index >= 15 is 0 Å². The van der Waals surface area contributed by atoms with E-state index in [0.29, 0.717) is 0 Å². The molecule has 4 aromatic rings. The van der Waals surface area contributed by atoms with Crippen LogP contribution in [-0.4, -0.2) is 48.1 Å². The molecule has 5 nitrogen and oxygen atoms in total. The third-order valence-electron chi connectivity index (χ3n) is 5.22. The van der Waals surface area contributed by atoms with Crippen molar-refractivity contribution in [1.82, 2.24) is 14.9 Å². The summed E-state index contributed by atoms with van der Waals surface area (Å²) in [6.45, 7) is 5.77. The molecule has 4 rings (SSSR count). The second-order valence-electron chi connectivity index (χ2n) is 7.56. The molecule has 0 aliphatic heterocycles. The highest BCUT2D eigenvalue weighted by molar-refractivity contribution is 9.10. The average molecular weight is 464 g/mol. The molecule has 0 bridgehead atoms. The molecule has 30 heavy (non-hydrogen) atoms. The molecule has 0 aliphatic carbocycles. The van der Waals surface area contributed by atoms with E-state index in [-0.39, 0.29) is 0 Å². The molecule has 0 fully saturated rings. The molecule has 0 aliphatic rings. The van der Waals surface area contributed by atoms with Gasteiger partial charge in [0.1, 0.15) is 0 Å². The van der Waals surface area contributed by atoms with Crippen molar-refractivity contribution in [3.63, 3.8) is 0 Å². The van der Waals surface area contributed by atoms with Crippen molar-refractivity contribution in [2.45, 2.75) is 6.92 Å². The molecule has 154 valence electrons. The standard InChI is InChI=1S/C24H26BrN5/c1-17-3-5-19-21(7-9-26-23(19)15-17)28-11-13-30(2)14-12-29-22-8-10-27-24-16-18(25)4-6-20(22)24/h3-10,15-16H,11-14H2,1-2H3,(H,26,28)(H,27,29). The first-order chi connectivity index (χ1) is 14.6. The van der Waals surface area contributed by atoms with Crippen LogP contribution >= 0.6 is 15.9 Å². The molecule has 0 saturated heterocycles. The Morgan fingerprint density at radius 1 is 0.800 bits per heavy atom. The summed E-state index contributed by atoms with van der Waals surface area (Å²) in [5.41, 5.74) is 5.52. The van der Waals surface area contributed by atoms with Crippen LogP contribution in [0.15, 0.2) is 65.4 Å². The first-order valence-corrected chi connectivity index (χ1v) is 11.0. The molecule has 0 atom stereocenters. The number of nitrogens with one attached hydrogen (secondary N) is 2. The van der Waals surface area contributed by atoms with Gasteiger partial charge in [0.15, 0.2) is 0 Å². The van der Waals surface area contributed by atoms with Crippen molar-refractivity contribution in [3.05, 3.63) is 71.0 Å². The second kappa shape index (κ2) is 9.41. The molecule has 0 saturated carbocycles. The smallest absolute Gasteiger partial charge is 0.0733 e. The summed E-state index contributed by atoms with van der Waals surface area (Å²) in [6, 6.07) is 16.7. The van der Waals surface area contributed by atoms with E-state index in [1.54, 1.807) is 0 Å². The lowest BCUT2D eigenvalue weighted by Crippen LogP contribution is -2.29. The van der Waals surface area contributed by atoms with Gasteiger partial charge in [-0.25, -0.2) is 0 Å². The van der Waals surface area contributed by atoms with Crippen molar-refractivity contribution < 1.29 is 0 Å². The quantitative estimate of drug-likeness (QED) is 0.370. The van der Waals surface area contributed by atoms with E-state index in [0.717, 1.165) is 58.4 Å². The molecule has 2 heterocycles. The molecule has 6 heteroatoms. The molecule has 2 aromatic carbocycles. The molecule has 0 amide bonds. The van der Waals surface area contributed by atoms with E-state index in [1.165, 1.54) is 10.9 Å². The number of hydrogen-bond donors (Lipinski definition) is 2. The number of anilines is 2. The molecular weight excluding hydrogens is 438 g/mol. The first-order valence-electron chi connectivity index (χ1n) is 10.2. The van der Waals surface area contributed by atoms with Crippen molar-refractivity contribution >= 4 is 49.1 Å². The number of aryl methyl sites for hydroxylation is 1. The Kier molecular flexibility index (Phi) is 6.45. The van der Waals surface area contributed by atoms with Crippen LogP contribution in [0.4, 0.5) is 11.4 Å². The third kappa shape index (κ3) is 4.89. The third-order valence-corrected chi connectivity index (χ3v) is 5.71. The zero-order chi connectivity index (χ0) is 20.9. The second-order valence-corrected chi connectivity index (χ2v) is 8.47. The van der Waals surface area contributed by atoms with Gasteiger partial charge < -0.3 is 15.5 Å². The van der Waals surface area contributed by atoms with Crippen molar-refractivity contribution in [1.29, 1.82) is 0 Å². The fourth-order valence-electron chi connectivity index (χ4n) is 3.56. The minimum Gasteiger partial charge on any atom is -0.383 e. The lowest BCUT2D eigenvalue weighted by atomic mass is 10.1. The van der Waals surface area contributed by atoms with Crippen LogP contribution in [0.3, 0.4) is 0 Å². The van der Waals surface area contributed by atoms with Crippen molar-refractivity contribution in [2.75, 3.05) is 43.9 Å². The number of nitrogens with zero attached hydrogens (tertiary/aromatic N) is 3. The van der Waals surface area contributed by atoms with Crippen molar-refractivity contribution in [2.24, 2.45) is 0 Å². The van der Waals surface area contributed by atoms with Gasteiger partial charge in [-0.05, 0) is 55.9 Å². The zero-order valence-electron chi connectivity index (χ0n) is 17.3. The van der Waals surface area contributed by atoms with Gasteiger partial charge in [0, 0.05) is 65.2 Å². The van der Waals surface area contributed by atoms with E-state index in [4.69, 9.17) is 0 Å². The number of hydrogen-bond acceptors (Lipinski definition) is 5. The van der Waals surface area contributed by atoms with Crippen LogP contribution in [0, 0.1) is 6.92 Å². The van der Waals surface area contributed by atoms with Gasteiger partial charge in [-0.15, -0.1) is 0 Å². The number of likely N-dealkylation sites (N-methyl/N-ethyl adjacent to an activating group) is 1. The number of fused-ring (bicyclic) bond motifs is 2. The van der Waals surface area contributed by atoms with E-state index in [9.17, 15) is 0 Å². The Morgan fingerprint density at radius 3 is 2.00 bits per heavy atom. The highest BCUT2D eigenvalue weighted by atomic mass is 79.9. The van der Waals surface area contributed by atoms with Crippen LogP contribution in [-0.2, 0) is 0 Å². The number of benzene rings is 2. The van der Waals surface area contributed by atoms with Crippen LogP contribution in [0.1, 0.15) is 5.56 Å². The molecule has 0 radical (unpaired) electrons. The van der Waals surface area contributed by atoms with E-state index in [2.05, 4.69) is 85.7 Å². The minimum atomic E-state index is 0.878. The fourth-order valence-corrected chi connectivity index (χ4v) is 3.91. The summed E-state index contributed by atoms with van der Waals surface area (Å²) in [5, 5.41) is 9.42. The summed E-state index contributed by atoms with van der Waals surface area (Å²) in [6.07, 6.45) is 3.72. The van der Waals surface area contributed by atoms with E-state index in [1.807, 2.05) is 30.6 Å². The maximum atomic E-state index is 4.48. The lowest BCUT2D eigenvalue weighted by molar-refractivity contribution is 0.361. The van der Waals surface area contributed by atoms with Gasteiger partial charge in [0.05, 0.1) is 11.0 Å². The highest BCUT2D eigenvalue weighted by Crippen LogP contribution is 2.24. The Hall–Kier alpha value is -2.70. The lowest BCUT2D eigenvalue weighted by Gasteiger charge is -2.19. The summed E-state index contributed by atoms with van der Waals surface area (Å²) >= 11 is 3.51. The zero-order valence-corrected chi connectivity index (χ0v) is 18.9. The topological polar surface area (TPSA) is 53.1 Å². The number of pyridine rings is 2. The Morgan fingerprint density at radius 2 is 1.37 bits per heavy atom. The predicted molar refractivity (Wildman–Crippen MR) is 130 cm³/mol. The van der Waals surface area contributed by atoms with Crippen LogP contribution < -0.4 is 10.6 Å². The molecule has 0 spiro atoms. The van der Waals surface area contributed by atoms with Gasteiger partial charge in [0.25, 0.3) is 0 Å². The molecule has 0 unspecified atom stereocenters. The normalized spacial score (nSPS) is 11.3. The van der Waals surface area contributed by atoms with Crippen LogP contribution in [0.2, 0.25) is 0 Å². The SMILES string of the molecule is Cc1ccc2c(NCCN(C)CCNc3ccnc4cc(Br)ccc34)ccnc2c1. The maximum absolute atomic E-state index is 4.48. The first kappa shape index (κ1) is 20.6. The molecule has 2 N–H and O–H groups in total. The minimum absolute atomic E-state index is 0.878. The molecular formula is C24H26BrN5. The summed E-state index contributed by atoms with van der Waals surface area (Å²) in [7, 11) is 2.15. The van der Waals surface area contributed by atoms with Gasteiger partial charge in [-0.1, -0.05) is 28.1 Å². The van der Waals surface area contributed by atoms with Gasteiger partial charge >= 0.3 is 0 Å². The number of aromatic nitrogens is 2. The van der Waals surface area contributed by atoms with Crippen molar-refractivity contribution in [3.8, 4) is 0 Å². The largest absolute Gasteiger partial charge is 0.383 e. The predicted octanol–water partition coefficient (Wildman–Crippen LogP) is 5.31. The summed E-state index contributed by atoms with van der Waals surface area (Å²) in [4.78, 5) is 11.3.